The van der Waals surface area contributed by atoms with Gasteiger partial charge >= 0.3 is 0 Å². The van der Waals surface area contributed by atoms with Crippen molar-refractivity contribution in [1.82, 2.24) is 9.21 Å². The van der Waals surface area contributed by atoms with Crippen LogP contribution in [0.2, 0.25) is 0 Å². The van der Waals surface area contributed by atoms with E-state index in [-0.39, 0.29) is 18.2 Å². The molecule has 2 aromatic carbocycles. The highest BCUT2D eigenvalue weighted by Gasteiger charge is 2.28. The molecule has 0 aliphatic carbocycles. The Morgan fingerprint density at radius 1 is 0.962 bits per heavy atom. The zero-order valence-electron chi connectivity index (χ0n) is 14.8. The summed E-state index contributed by atoms with van der Waals surface area (Å²) in [5.74, 6) is -0.241. The highest BCUT2D eigenvalue weighted by molar-refractivity contribution is 7.89. The Balaban J connectivity index is 0.00000243. The third kappa shape index (κ3) is 4.82. The van der Waals surface area contributed by atoms with Crippen LogP contribution in [0, 0.1) is 5.82 Å². The van der Waals surface area contributed by atoms with E-state index in [9.17, 15) is 12.8 Å². The summed E-state index contributed by atoms with van der Waals surface area (Å²) in [7, 11) is -3.44. The Labute approximate surface area is 161 Å². The molecule has 0 atom stereocenters. The molecule has 0 N–H and O–H groups in total. The van der Waals surface area contributed by atoms with Crippen LogP contribution in [0.1, 0.15) is 18.1 Å². The summed E-state index contributed by atoms with van der Waals surface area (Å²) in [6.07, 6.45) is 0.888. The van der Waals surface area contributed by atoms with Gasteiger partial charge in [0.1, 0.15) is 5.82 Å². The number of benzene rings is 2. The van der Waals surface area contributed by atoms with E-state index in [0.717, 1.165) is 17.5 Å². The van der Waals surface area contributed by atoms with Crippen molar-refractivity contribution in [3.8, 4) is 0 Å². The third-order valence-electron chi connectivity index (χ3n) is 4.60. The van der Waals surface area contributed by atoms with Gasteiger partial charge in [0.15, 0.2) is 0 Å². The lowest BCUT2D eigenvalue weighted by atomic mass is 10.2. The van der Waals surface area contributed by atoms with E-state index >= 15 is 0 Å². The first-order valence-corrected chi connectivity index (χ1v) is 9.99. The molecular weight excluding hydrogens is 375 g/mol. The van der Waals surface area contributed by atoms with Gasteiger partial charge in [-0.3, -0.25) is 4.90 Å². The Bertz CT molecular complexity index is 820. The van der Waals surface area contributed by atoms with Crippen molar-refractivity contribution >= 4 is 22.4 Å². The molecule has 0 radical (unpaired) electrons. The maximum Gasteiger partial charge on any atom is 0.243 e. The first kappa shape index (κ1) is 20.8. The maximum atomic E-state index is 13.3. The first-order valence-electron chi connectivity index (χ1n) is 8.55. The van der Waals surface area contributed by atoms with Crippen LogP contribution in [-0.2, 0) is 23.0 Å². The first-order chi connectivity index (χ1) is 12.0. The van der Waals surface area contributed by atoms with Gasteiger partial charge in [0, 0.05) is 32.7 Å². The number of halogens is 2. The zero-order chi connectivity index (χ0) is 17.9. The molecule has 1 aliphatic rings. The lowest BCUT2D eigenvalue weighted by Crippen LogP contribution is -2.48. The molecule has 4 nitrogen and oxygen atoms in total. The van der Waals surface area contributed by atoms with Gasteiger partial charge in [0.2, 0.25) is 10.0 Å². The predicted octanol–water partition coefficient (Wildman–Crippen LogP) is 3.32. The molecule has 26 heavy (non-hydrogen) atoms. The number of hydrogen-bond donors (Lipinski definition) is 0. The van der Waals surface area contributed by atoms with Crippen LogP contribution in [0.3, 0.4) is 0 Å². The molecular formula is C19H24ClFN2O2S. The molecule has 2 aromatic rings. The number of sulfonamides is 1. The molecule has 0 aromatic heterocycles. The maximum absolute atomic E-state index is 13.3. The molecule has 0 amide bonds. The number of aryl methyl sites for hydroxylation is 1. The fraction of sp³-hybridized carbons (Fsp3) is 0.368. The van der Waals surface area contributed by atoms with Gasteiger partial charge in [0.05, 0.1) is 4.90 Å². The molecule has 0 spiro atoms. The van der Waals surface area contributed by atoms with Crippen molar-refractivity contribution in [2.75, 3.05) is 26.2 Å². The van der Waals surface area contributed by atoms with E-state index in [1.807, 2.05) is 25.1 Å². The lowest BCUT2D eigenvalue weighted by Gasteiger charge is -2.34. The molecule has 1 aliphatic heterocycles. The van der Waals surface area contributed by atoms with Gasteiger partial charge in [-0.25, -0.2) is 12.8 Å². The second-order valence-electron chi connectivity index (χ2n) is 6.31. The molecule has 142 valence electrons. The van der Waals surface area contributed by atoms with Gasteiger partial charge in [-0.1, -0.05) is 31.2 Å². The largest absolute Gasteiger partial charge is 0.296 e. The third-order valence-corrected chi connectivity index (χ3v) is 6.51. The van der Waals surface area contributed by atoms with E-state index in [1.165, 1.54) is 16.4 Å². The molecule has 3 rings (SSSR count). The smallest absolute Gasteiger partial charge is 0.243 e. The highest BCUT2D eigenvalue weighted by Crippen LogP contribution is 2.19. The molecule has 0 unspecified atom stereocenters. The van der Waals surface area contributed by atoms with Crippen molar-refractivity contribution in [2.24, 2.45) is 0 Å². The van der Waals surface area contributed by atoms with Crippen LogP contribution in [0.25, 0.3) is 0 Å². The van der Waals surface area contributed by atoms with Gasteiger partial charge in [-0.05, 0) is 41.8 Å². The average molecular weight is 399 g/mol. The summed E-state index contributed by atoms with van der Waals surface area (Å²) in [5, 5.41) is 0. The van der Waals surface area contributed by atoms with Crippen molar-refractivity contribution in [3.63, 3.8) is 0 Å². The van der Waals surface area contributed by atoms with Crippen molar-refractivity contribution in [1.29, 1.82) is 0 Å². The molecule has 1 heterocycles. The molecule has 0 saturated carbocycles. The van der Waals surface area contributed by atoms with E-state index in [2.05, 4.69) is 4.90 Å². The van der Waals surface area contributed by atoms with E-state index in [4.69, 9.17) is 0 Å². The number of hydrogen-bond acceptors (Lipinski definition) is 3. The van der Waals surface area contributed by atoms with Crippen LogP contribution in [0.15, 0.2) is 53.4 Å². The molecule has 1 fully saturated rings. The fourth-order valence-corrected chi connectivity index (χ4v) is 4.49. The number of nitrogens with zero attached hydrogens (tertiary/aromatic N) is 2. The van der Waals surface area contributed by atoms with Crippen molar-refractivity contribution in [3.05, 3.63) is 65.5 Å². The van der Waals surface area contributed by atoms with Crippen LogP contribution < -0.4 is 0 Å². The Kier molecular flexibility index (Phi) is 7.17. The van der Waals surface area contributed by atoms with Gasteiger partial charge < -0.3 is 0 Å². The summed E-state index contributed by atoms with van der Waals surface area (Å²) in [6.45, 7) is 4.87. The fourth-order valence-electron chi connectivity index (χ4n) is 3.07. The standard InChI is InChI=1S/C19H23FN2O2S.ClH/c1-2-16-6-8-19(9-7-16)25(23,24)22-12-10-21(11-13-22)15-17-4-3-5-18(20)14-17;/h3-9,14H,2,10-13,15H2,1H3;1H. The summed E-state index contributed by atoms with van der Waals surface area (Å²) in [5.41, 5.74) is 2.03. The molecule has 1 saturated heterocycles. The Morgan fingerprint density at radius 3 is 2.19 bits per heavy atom. The minimum atomic E-state index is -3.44. The minimum absolute atomic E-state index is 0. The molecule has 7 heteroatoms. The minimum Gasteiger partial charge on any atom is -0.296 e. The SMILES string of the molecule is CCc1ccc(S(=O)(=O)N2CCN(Cc3cccc(F)c3)CC2)cc1.Cl. The summed E-state index contributed by atoms with van der Waals surface area (Å²) in [6, 6.07) is 13.7. The second-order valence-corrected chi connectivity index (χ2v) is 8.25. The quantitative estimate of drug-likeness (QED) is 0.775. The number of rotatable bonds is 5. The van der Waals surface area contributed by atoms with Crippen LogP contribution >= 0.6 is 12.4 Å². The normalized spacial score (nSPS) is 16.2. The van der Waals surface area contributed by atoms with E-state index in [0.29, 0.717) is 37.6 Å². The monoisotopic (exact) mass is 398 g/mol. The second kappa shape index (κ2) is 8.95. The topological polar surface area (TPSA) is 40.6 Å². The summed E-state index contributed by atoms with van der Waals surface area (Å²) in [4.78, 5) is 2.50. The van der Waals surface area contributed by atoms with Gasteiger partial charge in [0.25, 0.3) is 0 Å². The molecule has 0 bridgehead atoms. The van der Waals surface area contributed by atoms with Crippen molar-refractivity contribution in [2.45, 2.75) is 24.8 Å². The zero-order valence-corrected chi connectivity index (χ0v) is 16.4. The predicted molar refractivity (Wildman–Crippen MR) is 104 cm³/mol. The van der Waals surface area contributed by atoms with Crippen molar-refractivity contribution < 1.29 is 12.8 Å². The van der Waals surface area contributed by atoms with Crippen LogP contribution in [0.4, 0.5) is 4.39 Å². The average Bonchev–Trinajstić information content (AvgIpc) is 2.62. The summed E-state index contributed by atoms with van der Waals surface area (Å²) >= 11 is 0. The summed E-state index contributed by atoms with van der Waals surface area (Å²) < 4.78 is 40.3. The van der Waals surface area contributed by atoms with Crippen LogP contribution in [-0.4, -0.2) is 43.8 Å². The van der Waals surface area contributed by atoms with Gasteiger partial charge in [-0.15, -0.1) is 12.4 Å². The van der Waals surface area contributed by atoms with Crippen LogP contribution in [0.5, 0.6) is 0 Å². The Hall–Kier alpha value is -1.47. The van der Waals surface area contributed by atoms with E-state index in [1.54, 1.807) is 18.2 Å². The lowest BCUT2D eigenvalue weighted by molar-refractivity contribution is 0.181. The number of piperazine rings is 1. The highest BCUT2D eigenvalue weighted by atomic mass is 35.5. The van der Waals surface area contributed by atoms with Gasteiger partial charge in [-0.2, -0.15) is 4.31 Å². The van der Waals surface area contributed by atoms with E-state index < -0.39 is 10.0 Å². The Morgan fingerprint density at radius 2 is 1.62 bits per heavy atom.